The number of benzene rings is 1. The van der Waals surface area contributed by atoms with E-state index in [1.54, 1.807) is 11.0 Å². The number of hydrogen-bond acceptors (Lipinski definition) is 4. The summed E-state index contributed by atoms with van der Waals surface area (Å²) in [6.45, 7) is 5.17. The lowest BCUT2D eigenvalue weighted by atomic mass is 10.1. The first kappa shape index (κ1) is 14.5. The van der Waals surface area contributed by atoms with E-state index < -0.39 is 0 Å². The molecule has 3 rings (SSSR count). The Balaban J connectivity index is 1.57. The molecule has 0 aliphatic heterocycles. The molecule has 0 amide bonds. The van der Waals surface area contributed by atoms with Crippen molar-refractivity contribution in [3.05, 3.63) is 60.9 Å². The van der Waals surface area contributed by atoms with Crippen molar-refractivity contribution < 1.29 is 0 Å². The molecule has 1 aromatic carbocycles. The van der Waals surface area contributed by atoms with Gasteiger partial charge in [0, 0.05) is 25.0 Å². The van der Waals surface area contributed by atoms with Gasteiger partial charge in [0.05, 0.1) is 11.7 Å². The van der Waals surface area contributed by atoms with Crippen LogP contribution in [0.4, 0.5) is 0 Å². The molecule has 0 unspecified atom stereocenters. The zero-order valence-electron chi connectivity index (χ0n) is 12.8. The maximum absolute atomic E-state index is 4.29. The molecule has 22 heavy (non-hydrogen) atoms. The first-order valence-corrected chi connectivity index (χ1v) is 7.40. The molecular weight excluding hydrogens is 276 g/mol. The molecule has 6 heteroatoms. The highest BCUT2D eigenvalue weighted by Crippen LogP contribution is 2.11. The van der Waals surface area contributed by atoms with Crippen molar-refractivity contribution in [1.82, 2.24) is 29.9 Å². The molecule has 0 saturated heterocycles. The average molecular weight is 296 g/mol. The number of aromatic nitrogens is 5. The highest BCUT2D eigenvalue weighted by atomic mass is 15.3. The molecule has 0 fully saturated rings. The van der Waals surface area contributed by atoms with Crippen LogP contribution in [0, 0.1) is 0 Å². The molecule has 0 radical (unpaired) electrons. The third-order valence-electron chi connectivity index (χ3n) is 3.91. The molecule has 2 heterocycles. The normalized spacial score (nSPS) is 13.9. The van der Waals surface area contributed by atoms with Gasteiger partial charge in [0.2, 0.25) is 0 Å². The van der Waals surface area contributed by atoms with Gasteiger partial charge in [-0.2, -0.15) is 10.2 Å². The van der Waals surface area contributed by atoms with Gasteiger partial charge in [-0.15, -0.1) is 0 Å². The van der Waals surface area contributed by atoms with Gasteiger partial charge in [-0.25, -0.2) is 9.67 Å². The van der Waals surface area contributed by atoms with Crippen molar-refractivity contribution in [3.8, 4) is 5.69 Å². The molecule has 0 spiro atoms. The first-order chi connectivity index (χ1) is 10.7. The molecule has 0 saturated carbocycles. The summed E-state index contributed by atoms with van der Waals surface area (Å²) in [6, 6.07) is 10.9. The summed E-state index contributed by atoms with van der Waals surface area (Å²) in [6.07, 6.45) is 7.04. The summed E-state index contributed by atoms with van der Waals surface area (Å²) in [5.74, 6) is 0. The van der Waals surface area contributed by atoms with Crippen molar-refractivity contribution in [2.45, 2.75) is 32.5 Å². The molecular formula is C16H20N6. The highest BCUT2D eigenvalue weighted by Gasteiger charge is 2.13. The van der Waals surface area contributed by atoms with Crippen LogP contribution < -0.4 is 5.32 Å². The fourth-order valence-electron chi connectivity index (χ4n) is 2.31. The van der Waals surface area contributed by atoms with Crippen molar-refractivity contribution in [2.24, 2.45) is 0 Å². The summed E-state index contributed by atoms with van der Waals surface area (Å²) < 4.78 is 3.73. The zero-order chi connectivity index (χ0) is 15.4. The van der Waals surface area contributed by atoms with E-state index in [0.29, 0.717) is 12.1 Å². The summed E-state index contributed by atoms with van der Waals surface area (Å²) in [7, 11) is 0. The Hall–Kier alpha value is -2.47. The van der Waals surface area contributed by atoms with Crippen molar-refractivity contribution in [3.63, 3.8) is 0 Å². The lowest BCUT2D eigenvalue weighted by Crippen LogP contribution is -2.33. The Labute approximate surface area is 129 Å². The van der Waals surface area contributed by atoms with E-state index in [1.807, 2.05) is 35.3 Å². The van der Waals surface area contributed by atoms with E-state index in [-0.39, 0.29) is 0 Å². The Bertz CT molecular complexity index is 672. The van der Waals surface area contributed by atoms with Gasteiger partial charge in [-0.3, -0.25) is 4.68 Å². The van der Waals surface area contributed by atoms with Crippen LogP contribution in [-0.2, 0) is 6.54 Å². The lowest BCUT2D eigenvalue weighted by molar-refractivity contribution is 0.365. The predicted molar refractivity (Wildman–Crippen MR) is 84.6 cm³/mol. The molecule has 0 aliphatic rings. The maximum Gasteiger partial charge on any atom is 0.138 e. The quantitative estimate of drug-likeness (QED) is 0.757. The Kier molecular flexibility index (Phi) is 4.29. The lowest BCUT2D eigenvalue weighted by Gasteiger charge is -2.22. The monoisotopic (exact) mass is 296 g/mol. The molecule has 1 N–H and O–H groups in total. The van der Waals surface area contributed by atoms with E-state index in [4.69, 9.17) is 0 Å². The van der Waals surface area contributed by atoms with Crippen molar-refractivity contribution in [1.29, 1.82) is 0 Å². The SMILES string of the molecule is C[C@H](NCc1ccc(-n2cncn2)cc1)[C@@H](C)n1cccn1. The van der Waals surface area contributed by atoms with Gasteiger partial charge in [0.25, 0.3) is 0 Å². The maximum atomic E-state index is 4.29. The van der Waals surface area contributed by atoms with Crippen LogP contribution >= 0.6 is 0 Å². The second kappa shape index (κ2) is 6.53. The van der Waals surface area contributed by atoms with Crippen LogP contribution in [0.3, 0.4) is 0 Å². The average Bonchev–Trinajstić information content (AvgIpc) is 3.25. The van der Waals surface area contributed by atoms with E-state index in [9.17, 15) is 0 Å². The van der Waals surface area contributed by atoms with Crippen LogP contribution in [0.5, 0.6) is 0 Å². The Morgan fingerprint density at radius 2 is 1.95 bits per heavy atom. The fourth-order valence-corrected chi connectivity index (χ4v) is 2.31. The predicted octanol–water partition coefficient (Wildman–Crippen LogP) is 2.20. The Morgan fingerprint density at radius 3 is 2.59 bits per heavy atom. The van der Waals surface area contributed by atoms with Gasteiger partial charge in [-0.05, 0) is 37.6 Å². The molecule has 114 valence electrons. The van der Waals surface area contributed by atoms with Gasteiger partial charge in [0.1, 0.15) is 12.7 Å². The number of nitrogens with zero attached hydrogens (tertiary/aromatic N) is 5. The Morgan fingerprint density at radius 1 is 1.14 bits per heavy atom. The van der Waals surface area contributed by atoms with Gasteiger partial charge >= 0.3 is 0 Å². The highest BCUT2D eigenvalue weighted by molar-refractivity contribution is 5.33. The van der Waals surface area contributed by atoms with Crippen molar-refractivity contribution >= 4 is 0 Å². The minimum Gasteiger partial charge on any atom is -0.308 e. The van der Waals surface area contributed by atoms with E-state index in [2.05, 4.69) is 46.5 Å². The number of nitrogens with one attached hydrogen (secondary N) is 1. The molecule has 0 aliphatic carbocycles. The van der Waals surface area contributed by atoms with Crippen LogP contribution in [0.1, 0.15) is 25.5 Å². The molecule has 3 aromatic rings. The van der Waals surface area contributed by atoms with Crippen LogP contribution in [-0.4, -0.2) is 30.6 Å². The van der Waals surface area contributed by atoms with Gasteiger partial charge < -0.3 is 5.32 Å². The minimum absolute atomic E-state index is 0.310. The smallest absolute Gasteiger partial charge is 0.138 e. The standard InChI is InChI=1S/C16H20N6/c1-13(14(2)21-9-3-8-19-21)18-10-15-4-6-16(7-5-15)22-12-17-11-20-22/h3-9,11-14,18H,10H2,1-2H3/t13-,14+/m0/s1. The summed E-state index contributed by atoms with van der Waals surface area (Å²) in [5.41, 5.74) is 2.25. The first-order valence-electron chi connectivity index (χ1n) is 7.40. The topological polar surface area (TPSA) is 60.6 Å². The van der Waals surface area contributed by atoms with E-state index in [1.165, 1.54) is 11.9 Å². The second-order valence-electron chi connectivity index (χ2n) is 5.40. The largest absolute Gasteiger partial charge is 0.308 e. The molecule has 6 nitrogen and oxygen atoms in total. The third-order valence-corrected chi connectivity index (χ3v) is 3.91. The summed E-state index contributed by atoms with van der Waals surface area (Å²) in [4.78, 5) is 3.96. The van der Waals surface area contributed by atoms with Crippen LogP contribution in [0.15, 0.2) is 55.4 Å². The minimum atomic E-state index is 0.310. The summed E-state index contributed by atoms with van der Waals surface area (Å²) in [5, 5.41) is 12.0. The van der Waals surface area contributed by atoms with Crippen LogP contribution in [0.2, 0.25) is 0 Å². The third kappa shape index (κ3) is 3.23. The molecule has 2 aromatic heterocycles. The van der Waals surface area contributed by atoms with Gasteiger partial charge in [-0.1, -0.05) is 12.1 Å². The van der Waals surface area contributed by atoms with E-state index >= 15 is 0 Å². The number of hydrogen-bond donors (Lipinski definition) is 1. The number of rotatable bonds is 6. The van der Waals surface area contributed by atoms with Crippen molar-refractivity contribution in [2.75, 3.05) is 0 Å². The molecule has 0 bridgehead atoms. The van der Waals surface area contributed by atoms with Crippen LogP contribution in [0.25, 0.3) is 5.69 Å². The molecule has 2 atom stereocenters. The second-order valence-corrected chi connectivity index (χ2v) is 5.40. The van der Waals surface area contributed by atoms with Gasteiger partial charge in [0.15, 0.2) is 0 Å². The fraction of sp³-hybridized carbons (Fsp3) is 0.312. The van der Waals surface area contributed by atoms with E-state index in [0.717, 1.165) is 12.2 Å². The summed E-state index contributed by atoms with van der Waals surface area (Å²) >= 11 is 0. The zero-order valence-corrected chi connectivity index (χ0v) is 12.8.